The van der Waals surface area contributed by atoms with Crippen molar-refractivity contribution in [2.75, 3.05) is 29.8 Å². The summed E-state index contributed by atoms with van der Waals surface area (Å²) in [6.07, 6.45) is 10.3. The summed E-state index contributed by atoms with van der Waals surface area (Å²) in [6.45, 7) is 6.92. The SMILES string of the molecule is CCCC[S+](CC)c1ccc(S(C)(C)CCCC)cc1. The molecule has 0 saturated carbocycles. The maximum atomic E-state index is 2.47. The maximum Gasteiger partial charge on any atom is 0.154 e. The minimum Gasteiger partial charge on any atom is -0.220 e. The summed E-state index contributed by atoms with van der Waals surface area (Å²) in [6, 6.07) is 9.67. The van der Waals surface area contributed by atoms with Gasteiger partial charge in [0.1, 0.15) is 11.5 Å². The van der Waals surface area contributed by atoms with Crippen molar-refractivity contribution < 1.29 is 0 Å². The Kier molecular flexibility index (Phi) is 8.13. The van der Waals surface area contributed by atoms with Gasteiger partial charge in [-0.15, -0.1) is 0 Å². The molecule has 0 fully saturated rings. The second-order valence-corrected chi connectivity index (χ2v) is 12.3. The van der Waals surface area contributed by atoms with Crippen LogP contribution in [0.15, 0.2) is 34.1 Å². The molecule has 1 unspecified atom stereocenters. The number of hydrogen-bond acceptors (Lipinski definition) is 0. The van der Waals surface area contributed by atoms with Crippen molar-refractivity contribution in [3.05, 3.63) is 24.3 Å². The molecule has 1 atom stereocenters. The van der Waals surface area contributed by atoms with Gasteiger partial charge in [-0.3, -0.25) is 0 Å². The predicted octanol–water partition coefficient (Wildman–Crippen LogP) is 5.71. The Bertz CT molecular complexity index is 368. The molecule has 0 aliphatic carbocycles. The third kappa shape index (κ3) is 5.37. The molecule has 2 heteroatoms. The summed E-state index contributed by atoms with van der Waals surface area (Å²) in [5.41, 5.74) is 0. The largest absolute Gasteiger partial charge is 0.220 e. The molecule has 0 spiro atoms. The van der Waals surface area contributed by atoms with Crippen molar-refractivity contribution >= 4 is 20.9 Å². The van der Waals surface area contributed by atoms with E-state index in [4.69, 9.17) is 0 Å². The van der Waals surface area contributed by atoms with Crippen molar-refractivity contribution in [3.63, 3.8) is 0 Å². The van der Waals surface area contributed by atoms with Gasteiger partial charge in [-0.05, 0) is 67.2 Å². The van der Waals surface area contributed by atoms with E-state index in [1.807, 2.05) is 0 Å². The van der Waals surface area contributed by atoms with Gasteiger partial charge in [-0.1, -0.05) is 26.7 Å². The van der Waals surface area contributed by atoms with E-state index in [2.05, 4.69) is 57.5 Å². The Morgan fingerprint density at radius 1 is 0.900 bits per heavy atom. The molecule has 0 heterocycles. The first-order chi connectivity index (χ1) is 9.55. The lowest BCUT2D eigenvalue weighted by atomic mass is 10.4. The normalized spacial score (nSPS) is 14.2. The molecule has 0 bridgehead atoms. The fourth-order valence-electron chi connectivity index (χ4n) is 2.37. The second-order valence-electron chi connectivity index (χ2n) is 5.91. The van der Waals surface area contributed by atoms with Gasteiger partial charge < -0.3 is 0 Å². The quantitative estimate of drug-likeness (QED) is 0.512. The third-order valence-electron chi connectivity index (χ3n) is 3.90. The molecular formula is C18H33S2+. The van der Waals surface area contributed by atoms with Crippen LogP contribution in [0.25, 0.3) is 0 Å². The van der Waals surface area contributed by atoms with Crippen molar-refractivity contribution in [2.45, 2.75) is 56.2 Å². The molecule has 0 saturated heterocycles. The van der Waals surface area contributed by atoms with E-state index in [1.165, 1.54) is 42.9 Å². The van der Waals surface area contributed by atoms with Gasteiger partial charge in [-0.25, -0.2) is 10.0 Å². The van der Waals surface area contributed by atoms with E-state index in [0.717, 1.165) is 0 Å². The molecular weight excluding hydrogens is 280 g/mol. The average Bonchev–Trinajstić information content (AvgIpc) is 2.46. The van der Waals surface area contributed by atoms with Crippen LogP contribution in [-0.2, 0) is 10.9 Å². The highest BCUT2D eigenvalue weighted by Gasteiger charge is 2.20. The first-order valence-corrected chi connectivity index (χ1v) is 12.2. The molecule has 0 amide bonds. The van der Waals surface area contributed by atoms with Crippen LogP contribution in [0.3, 0.4) is 0 Å². The minimum absolute atomic E-state index is 0.474. The molecule has 0 aliphatic heterocycles. The summed E-state index contributed by atoms with van der Waals surface area (Å²) in [5.74, 6) is 4.04. The second kappa shape index (κ2) is 9.04. The topological polar surface area (TPSA) is 0 Å². The van der Waals surface area contributed by atoms with Crippen LogP contribution in [0, 0.1) is 0 Å². The minimum atomic E-state index is -0.585. The smallest absolute Gasteiger partial charge is 0.154 e. The molecule has 1 rings (SSSR count). The summed E-state index contributed by atoms with van der Waals surface area (Å²) in [4.78, 5) is 3.17. The van der Waals surface area contributed by atoms with Gasteiger partial charge in [0.2, 0.25) is 0 Å². The van der Waals surface area contributed by atoms with Gasteiger partial charge >= 0.3 is 0 Å². The van der Waals surface area contributed by atoms with Crippen LogP contribution in [0.5, 0.6) is 0 Å². The Morgan fingerprint density at radius 3 is 2.00 bits per heavy atom. The van der Waals surface area contributed by atoms with E-state index >= 15 is 0 Å². The summed E-state index contributed by atoms with van der Waals surface area (Å²) >= 11 is 0. The van der Waals surface area contributed by atoms with Crippen molar-refractivity contribution in [3.8, 4) is 0 Å². The molecule has 0 aliphatic rings. The molecule has 116 valence electrons. The Balaban J connectivity index is 2.76. The third-order valence-corrected chi connectivity index (χ3v) is 9.17. The number of benzene rings is 1. The summed E-state index contributed by atoms with van der Waals surface area (Å²) < 4.78 is 0. The molecule has 0 N–H and O–H groups in total. The Labute approximate surface area is 131 Å². The fourth-order valence-corrected chi connectivity index (χ4v) is 6.51. The van der Waals surface area contributed by atoms with Crippen LogP contribution < -0.4 is 0 Å². The van der Waals surface area contributed by atoms with E-state index in [9.17, 15) is 0 Å². The van der Waals surface area contributed by atoms with Crippen LogP contribution in [0.2, 0.25) is 0 Å². The predicted molar refractivity (Wildman–Crippen MR) is 99.9 cm³/mol. The number of rotatable bonds is 9. The van der Waals surface area contributed by atoms with Gasteiger partial charge in [-0.2, -0.15) is 0 Å². The monoisotopic (exact) mass is 313 g/mol. The zero-order chi connectivity index (χ0) is 15.0. The van der Waals surface area contributed by atoms with Gasteiger partial charge in [0, 0.05) is 10.9 Å². The van der Waals surface area contributed by atoms with Crippen molar-refractivity contribution in [1.29, 1.82) is 0 Å². The Morgan fingerprint density at radius 2 is 1.50 bits per heavy atom. The first-order valence-electron chi connectivity index (χ1n) is 8.03. The van der Waals surface area contributed by atoms with E-state index < -0.39 is 10.0 Å². The average molecular weight is 314 g/mol. The number of unbranched alkanes of at least 4 members (excludes halogenated alkanes) is 2. The highest BCUT2D eigenvalue weighted by Crippen LogP contribution is 2.49. The van der Waals surface area contributed by atoms with Crippen molar-refractivity contribution in [2.24, 2.45) is 0 Å². The van der Waals surface area contributed by atoms with E-state index in [1.54, 1.807) is 9.79 Å². The van der Waals surface area contributed by atoms with Crippen LogP contribution in [0.4, 0.5) is 0 Å². The maximum absolute atomic E-state index is 2.47. The zero-order valence-electron chi connectivity index (χ0n) is 14.1. The molecule has 0 radical (unpaired) electrons. The standard InChI is InChI=1S/C18H33S2/c1-6-9-15-19(8-3)17-11-13-18(14-12-17)20(4,5)16-10-7-2/h11-14H,6-10,15-16H2,1-5H3/q+1. The summed E-state index contributed by atoms with van der Waals surface area (Å²) in [5, 5.41) is 0. The zero-order valence-corrected chi connectivity index (χ0v) is 15.7. The molecule has 1 aromatic rings. The number of hydrogen-bond donors (Lipinski definition) is 0. The molecule has 20 heavy (non-hydrogen) atoms. The van der Waals surface area contributed by atoms with Crippen molar-refractivity contribution in [1.82, 2.24) is 0 Å². The molecule has 1 aromatic carbocycles. The highest BCUT2D eigenvalue weighted by molar-refractivity contribution is 8.32. The first kappa shape index (κ1) is 18.0. The van der Waals surface area contributed by atoms with Crippen LogP contribution in [0.1, 0.15) is 46.5 Å². The van der Waals surface area contributed by atoms with Gasteiger partial charge in [0.15, 0.2) is 4.90 Å². The lowest BCUT2D eigenvalue weighted by Crippen LogP contribution is -2.11. The molecule has 0 aromatic heterocycles. The molecule has 0 nitrogen and oxygen atoms in total. The lowest BCUT2D eigenvalue weighted by molar-refractivity contribution is 0.890. The van der Waals surface area contributed by atoms with E-state index in [0.29, 0.717) is 10.9 Å². The highest BCUT2D eigenvalue weighted by atomic mass is 32.3. The fraction of sp³-hybridized carbons (Fsp3) is 0.667. The summed E-state index contributed by atoms with van der Waals surface area (Å²) in [7, 11) is -0.111. The lowest BCUT2D eigenvalue weighted by Gasteiger charge is -2.31. The van der Waals surface area contributed by atoms with Gasteiger partial charge in [0.05, 0.1) is 0 Å². The van der Waals surface area contributed by atoms with Crippen LogP contribution in [-0.4, -0.2) is 29.8 Å². The van der Waals surface area contributed by atoms with E-state index in [-0.39, 0.29) is 0 Å². The van der Waals surface area contributed by atoms with Gasteiger partial charge in [0.25, 0.3) is 0 Å². The Hall–Kier alpha value is -0.0800. The van der Waals surface area contributed by atoms with Crippen LogP contribution >= 0.6 is 10.0 Å².